The van der Waals surface area contributed by atoms with Gasteiger partial charge in [-0.15, -0.1) is 0 Å². The van der Waals surface area contributed by atoms with Crippen LogP contribution in [-0.4, -0.2) is 12.6 Å². The maximum Gasteiger partial charge on any atom is 0.0104 e. The van der Waals surface area contributed by atoms with Crippen LogP contribution in [0.5, 0.6) is 0 Å². The van der Waals surface area contributed by atoms with Gasteiger partial charge in [0, 0.05) is 6.04 Å². The molecule has 1 heteroatoms. The molecule has 3 unspecified atom stereocenters. The highest BCUT2D eigenvalue weighted by Gasteiger charge is 2.47. The third kappa shape index (κ3) is 0.644. The summed E-state index contributed by atoms with van der Waals surface area (Å²) >= 11 is 0. The largest absolute Gasteiger partial charge is 0.313 e. The van der Waals surface area contributed by atoms with Crippen LogP contribution in [0.25, 0.3) is 0 Å². The normalized spacial score (nSPS) is 47.7. The molecule has 3 rings (SSSR count). The Hall–Kier alpha value is -0.0400. The van der Waals surface area contributed by atoms with E-state index in [4.69, 9.17) is 0 Å². The lowest BCUT2D eigenvalue weighted by Gasteiger charge is -2.37. The van der Waals surface area contributed by atoms with Crippen LogP contribution in [0, 0.1) is 17.8 Å². The molecule has 52 valence electrons. The Kier molecular flexibility index (Phi) is 1.10. The van der Waals surface area contributed by atoms with E-state index in [9.17, 15) is 0 Å². The monoisotopic (exact) mass is 125 g/mol. The molecule has 0 aromatic rings. The van der Waals surface area contributed by atoms with Crippen LogP contribution in [0.15, 0.2) is 0 Å². The molecule has 0 spiro atoms. The quantitative estimate of drug-likeness (QED) is 0.556. The van der Waals surface area contributed by atoms with Gasteiger partial charge in [0.25, 0.3) is 0 Å². The number of nitrogens with one attached hydrogen (secondary N) is 1. The average Bonchev–Trinajstić information content (AvgIpc) is 2.13. The van der Waals surface area contributed by atoms with E-state index < -0.39 is 0 Å². The summed E-state index contributed by atoms with van der Waals surface area (Å²) in [6.07, 6.45) is 1.46. The fraction of sp³-hybridized carbons (Fsp3) is 1.00. The third-order valence-corrected chi connectivity index (χ3v) is 2.98. The first kappa shape index (κ1) is 5.72. The number of rotatable bonds is 1. The summed E-state index contributed by atoms with van der Waals surface area (Å²) in [4.78, 5) is 0. The van der Waals surface area contributed by atoms with Crippen LogP contribution < -0.4 is 5.32 Å². The fourth-order valence-corrected chi connectivity index (χ4v) is 2.52. The summed E-state index contributed by atoms with van der Waals surface area (Å²) < 4.78 is 0. The molecule has 9 heavy (non-hydrogen) atoms. The van der Waals surface area contributed by atoms with Crippen LogP contribution in [-0.2, 0) is 0 Å². The average molecular weight is 125 g/mol. The topological polar surface area (TPSA) is 12.0 Å². The SMILES string of the molecule is CC(C)C1C2CNC1C2. The molecule has 0 aromatic carbocycles. The smallest absolute Gasteiger partial charge is 0.0104 e. The molecule has 0 amide bonds. The molecule has 0 radical (unpaired) electrons. The number of fused-ring (bicyclic) bond motifs is 1. The Morgan fingerprint density at radius 2 is 2.22 bits per heavy atom. The van der Waals surface area contributed by atoms with E-state index in [2.05, 4.69) is 19.2 Å². The number of hydrogen-bond donors (Lipinski definition) is 1. The van der Waals surface area contributed by atoms with Gasteiger partial charge in [0.05, 0.1) is 0 Å². The van der Waals surface area contributed by atoms with Crippen molar-refractivity contribution in [2.24, 2.45) is 17.8 Å². The summed E-state index contributed by atoms with van der Waals surface area (Å²) in [6.45, 7) is 5.99. The summed E-state index contributed by atoms with van der Waals surface area (Å²) in [5.41, 5.74) is 0. The molecule has 3 aliphatic rings. The van der Waals surface area contributed by atoms with Gasteiger partial charge in [0.2, 0.25) is 0 Å². The first-order valence-electron chi connectivity index (χ1n) is 4.02. The molecule has 0 aromatic heterocycles. The van der Waals surface area contributed by atoms with E-state index in [-0.39, 0.29) is 0 Å². The predicted molar refractivity (Wildman–Crippen MR) is 38.2 cm³/mol. The van der Waals surface area contributed by atoms with Gasteiger partial charge in [-0.3, -0.25) is 0 Å². The second-order valence-electron chi connectivity index (χ2n) is 3.83. The maximum atomic E-state index is 3.52. The Labute approximate surface area is 56.8 Å². The van der Waals surface area contributed by atoms with Gasteiger partial charge >= 0.3 is 0 Å². The van der Waals surface area contributed by atoms with Gasteiger partial charge in [0.1, 0.15) is 0 Å². The van der Waals surface area contributed by atoms with Crippen molar-refractivity contribution in [3.63, 3.8) is 0 Å². The summed E-state index contributed by atoms with van der Waals surface area (Å²) in [6, 6.07) is 0.898. The van der Waals surface area contributed by atoms with Crippen LogP contribution in [0.3, 0.4) is 0 Å². The van der Waals surface area contributed by atoms with Gasteiger partial charge in [-0.2, -0.15) is 0 Å². The summed E-state index contributed by atoms with van der Waals surface area (Å²) in [5, 5.41) is 3.52. The highest BCUT2D eigenvalue weighted by atomic mass is 15.0. The molecule has 2 saturated heterocycles. The van der Waals surface area contributed by atoms with Crippen molar-refractivity contribution in [1.29, 1.82) is 0 Å². The molecule has 2 aliphatic heterocycles. The number of hydrogen-bond acceptors (Lipinski definition) is 1. The van der Waals surface area contributed by atoms with Crippen LogP contribution >= 0.6 is 0 Å². The van der Waals surface area contributed by atoms with Gasteiger partial charge in [-0.05, 0) is 30.7 Å². The molecular formula is C8H15N. The molecule has 3 atom stereocenters. The standard InChI is InChI=1S/C8H15N/c1-5(2)8-6-3-7(8)9-4-6/h5-9H,3-4H2,1-2H3. The Bertz CT molecular complexity index is 106. The summed E-state index contributed by atoms with van der Waals surface area (Å²) in [7, 11) is 0. The van der Waals surface area contributed by atoms with Crippen molar-refractivity contribution in [2.45, 2.75) is 26.3 Å². The van der Waals surface area contributed by atoms with Crippen molar-refractivity contribution in [3.8, 4) is 0 Å². The lowest BCUT2D eigenvalue weighted by Crippen LogP contribution is -2.40. The second-order valence-corrected chi connectivity index (χ2v) is 3.83. The first-order chi connectivity index (χ1) is 4.29. The van der Waals surface area contributed by atoms with Gasteiger partial charge in [-0.1, -0.05) is 13.8 Å². The Balaban J connectivity index is 2.02. The lowest BCUT2D eigenvalue weighted by atomic mass is 9.68. The van der Waals surface area contributed by atoms with Gasteiger partial charge in [-0.25, -0.2) is 0 Å². The van der Waals surface area contributed by atoms with Crippen LogP contribution in [0.4, 0.5) is 0 Å². The Morgan fingerprint density at radius 3 is 2.44 bits per heavy atom. The molecule has 1 nitrogen and oxygen atoms in total. The maximum absolute atomic E-state index is 3.52. The van der Waals surface area contributed by atoms with Crippen LogP contribution in [0.1, 0.15) is 20.3 Å². The molecule has 2 bridgehead atoms. The highest BCUT2D eigenvalue weighted by molar-refractivity contribution is 5.02. The zero-order valence-corrected chi connectivity index (χ0v) is 6.22. The van der Waals surface area contributed by atoms with Gasteiger partial charge in [0.15, 0.2) is 0 Å². The van der Waals surface area contributed by atoms with E-state index >= 15 is 0 Å². The van der Waals surface area contributed by atoms with E-state index in [1.165, 1.54) is 13.0 Å². The molecule has 1 aliphatic carbocycles. The zero-order chi connectivity index (χ0) is 6.43. The minimum Gasteiger partial charge on any atom is -0.313 e. The Morgan fingerprint density at radius 1 is 1.44 bits per heavy atom. The van der Waals surface area contributed by atoms with Crippen molar-refractivity contribution >= 4 is 0 Å². The fourth-order valence-electron chi connectivity index (χ4n) is 2.52. The van der Waals surface area contributed by atoms with E-state index in [0.717, 1.165) is 23.8 Å². The van der Waals surface area contributed by atoms with E-state index in [1.807, 2.05) is 0 Å². The van der Waals surface area contributed by atoms with Gasteiger partial charge < -0.3 is 5.32 Å². The van der Waals surface area contributed by atoms with Crippen molar-refractivity contribution in [3.05, 3.63) is 0 Å². The minimum atomic E-state index is 0.898. The molecule has 3 fully saturated rings. The van der Waals surface area contributed by atoms with Crippen LogP contribution in [0.2, 0.25) is 0 Å². The predicted octanol–water partition coefficient (Wildman–Crippen LogP) is 1.25. The zero-order valence-electron chi connectivity index (χ0n) is 6.22. The van der Waals surface area contributed by atoms with E-state index in [0.29, 0.717) is 0 Å². The van der Waals surface area contributed by atoms with Crippen molar-refractivity contribution in [1.82, 2.24) is 5.32 Å². The molecular weight excluding hydrogens is 110 g/mol. The molecule has 2 heterocycles. The first-order valence-corrected chi connectivity index (χ1v) is 4.02. The van der Waals surface area contributed by atoms with Crippen molar-refractivity contribution < 1.29 is 0 Å². The van der Waals surface area contributed by atoms with E-state index in [1.54, 1.807) is 0 Å². The third-order valence-electron chi connectivity index (χ3n) is 2.98. The lowest BCUT2D eigenvalue weighted by molar-refractivity contribution is 0.154. The highest BCUT2D eigenvalue weighted by Crippen LogP contribution is 2.44. The summed E-state index contributed by atoms with van der Waals surface area (Å²) in [5.74, 6) is 2.96. The minimum absolute atomic E-state index is 0.898. The van der Waals surface area contributed by atoms with Crippen molar-refractivity contribution in [2.75, 3.05) is 6.54 Å². The molecule has 1 N–H and O–H groups in total. The molecule has 1 saturated carbocycles. The second kappa shape index (κ2) is 1.72.